The van der Waals surface area contributed by atoms with Gasteiger partial charge in [-0.3, -0.25) is 19.2 Å². The summed E-state index contributed by atoms with van der Waals surface area (Å²) in [5, 5.41) is 3.83. The zero-order valence-electron chi connectivity index (χ0n) is 13.6. The summed E-state index contributed by atoms with van der Waals surface area (Å²) in [7, 11) is 1.55. The van der Waals surface area contributed by atoms with E-state index in [1.54, 1.807) is 13.3 Å². The first-order valence-corrected chi connectivity index (χ1v) is 8.39. The molecule has 126 valence electrons. The van der Waals surface area contributed by atoms with Gasteiger partial charge in [-0.25, -0.2) is 0 Å². The van der Waals surface area contributed by atoms with Gasteiger partial charge in [0.2, 0.25) is 0 Å². The number of aliphatic imine (C=N–C) groups is 2. The monoisotopic (exact) mass is 351 g/mol. The van der Waals surface area contributed by atoms with Gasteiger partial charge in [0, 0.05) is 18.9 Å². The third kappa shape index (κ3) is 4.02. The summed E-state index contributed by atoms with van der Waals surface area (Å²) in [6.45, 7) is 0. The van der Waals surface area contributed by atoms with Gasteiger partial charge >= 0.3 is 0 Å². The van der Waals surface area contributed by atoms with Crippen molar-refractivity contribution >= 4 is 40.0 Å². The molecule has 0 radical (unpaired) electrons. The van der Waals surface area contributed by atoms with E-state index in [1.807, 2.05) is 54.6 Å². The van der Waals surface area contributed by atoms with Crippen molar-refractivity contribution in [2.45, 2.75) is 0 Å². The number of hydrogen-bond donors (Lipinski definition) is 3. The first-order valence-electron chi connectivity index (χ1n) is 7.57. The molecule has 3 rings (SSSR count). The highest BCUT2D eigenvalue weighted by Gasteiger charge is 2.14. The fraction of sp³-hybridized carbons (Fsp3) is 0.0556. The van der Waals surface area contributed by atoms with Crippen molar-refractivity contribution in [3.05, 3.63) is 76.1 Å². The topological polar surface area (TPSA) is 95.6 Å². The Hall–Kier alpha value is -3.19. The van der Waals surface area contributed by atoms with Crippen LogP contribution in [0, 0.1) is 0 Å². The summed E-state index contributed by atoms with van der Waals surface area (Å²) >= 11 is 1.19. The molecule has 0 unspecified atom stereocenters. The van der Waals surface area contributed by atoms with Crippen LogP contribution in [-0.2, 0) is 0 Å². The average molecular weight is 351 g/mol. The second kappa shape index (κ2) is 7.59. The predicted octanol–water partition coefficient (Wildman–Crippen LogP) is 3.27. The molecular weight excluding hydrogens is 334 g/mol. The molecule has 0 fully saturated rings. The Labute approximate surface area is 148 Å². The first-order chi connectivity index (χ1) is 12.2. The number of aromatic nitrogens is 1. The van der Waals surface area contributed by atoms with E-state index in [0.717, 1.165) is 16.9 Å². The number of H-pyrrole nitrogens is 1. The molecule has 6 nitrogen and oxygen atoms in total. The maximum Gasteiger partial charge on any atom is 0.271 e. The van der Waals surface area contributed by atoms with E-state index >= 15 is 0 Å². The third-order valence-electron chi connectivity index (χ3n) is 3.48. The van der Waals surface area contributed by atoms with E-state index < -0.39 is 0 Å². The van der Waals surface area contributed by atoms with Crippen molar-refractivity contribution in [3.63, 3.8) is 0 Å². The third-order valence-corrected chi connectivity index (χ3v) is 4.28. The molecular formula is C18H17N5OS. The van der Waals surface area contributed by atoms with Gasteiger partial charge in [-0.15, -0.1) is 0 Å². The summed E-state index contributed by atoms with van der Waals surface area (Å²) in [6.07, 6.45) is 1.81. The molecule has 0 aliphatic heterocycles. The number of benzene rings is 2. The van der Waals surface area contributed by atoms with Gasteiger partial charge in [-0.2, -0.15) is 0 Å². The smallest absolute Gasteiger partial charge is 0.271 e. The van der Waals surface area contributed by atoms with Gasteiger partial charge in [0.15, 0.2) is 0 Å². The van der Waals surface area contributed by atoms with Gasteiger partial charge in [0.05, 0.1) is 5.69 Å². The number of nitrogens with one attached hydrogen (secondary N) is 2. The number of aromatic amines is 1. The average Bonchev–Trinajstić information content (AvgIpc) is 3.01. The van der Waals surface area contributed by atoms with E-state index in [2.05, 4.69) is 19.7 Å². The van der Waals surface area contributed by atoms with Crippen LogP contribution in [0.15, 0.2) is 69.4 Å². The highest BCUT2D eigenvalue weighted by molar-refractivity contribution is 7.10. The lowest BCUT2D eigenvalue weighted by atomic mass is 10.2. The molecule has 25 heavy (non-hydrogen) atoms. The van der Waals surface area contributed by atoms with Crippen LogP contribution in [-0.4, -0.2) is 23.5 Å². The Kier molecular flexibility index (Phi) is 5.06. The van der Waals surface area contributed by atoms with E-state index in [-0.39, 0.29) is 11.4 Å². The lowest BCUT2D eigenvalue weighted by molar-refractivity contribution is 1.35. The lowest BCUT2D eigenvalue weighted by Crippen LogP contribution is -2.21. The van der Waals surface area contributed by atoms with E-state index in [1.165, 1.54) is 11.5 Å². The lowest BCUT2D eigenvalue weighted by Gasteiger charge is -2.06. The van der Waals surface area contributed by atoms with Crippen LogP contribution in [0.1, 0.15) is 11.1 Å². The van der Waals surface area contributed by atoms with Crippen molar-refractivity contribution < 1.29 is 0 Å². The Bertz CT molecular complexity index is 955. The predicted molar refractivity (Wildman–Crippen MR) is 105 cm³/mol. The second-order valence-corrected chi connectivity index (χ2v) is 6.00. The fourth-order valence-electron chi connectivity index (χ4n) is 2.18. The molecule has 7 heteroatoms. The van der Waals surface area contributed by atoms with Crippen LogP contribution in [0.3, 0.4) is 0 Å². The minimum absolute atomic E-state index is 0.205. The van der Waals surface area contributed by atoms with E-state index in [9.17, 15) is 4.79 Å². The Morgan fingerprint density at radius 1 is 1.16 bits per heavy atom. The van der Waals surface area contributed by atoms with Crippen LogP contribution in [0.5, 0.6) is 0 Å². The molecule has 1 heterocycles. The van der Waals surface area contributed by atoms with Crippen LogP contribution in [0.2, 0.25) is 0 Å². The molecule has 0 aliphatic carbocycles. The number of nitrogens with zero attached hydrogens (tertiary/aromatic N) is 2. The van der Waals surface area contributed by atoms with Crippen LogP contribution in [0.25, 0.3) is 0 Å². The summed E-state index contributed by atoms with van der Waals surface area (Å²) in [5.74, 6) is 0.205. The second-order valence-electron chi connectivity index (χ2n) is 5.19. The zero-order valence-corrected chi connectivity index (χ0v) is 14.4. The summed E-state index contributed by atoms with van der Waals surface area (Å²) < 4.78 is 2.66. The molecule has 0 aliphatic rings. The summed E-state index contributed by atoms with van der Waals surface area (Å²) in [4.78, 5) is 20.1. The van der Waals surface area contributed by atoms with Crippen LogP contribution < -0.4 is 16.6 Å². The number of hydrogen-bond acceptors (Lipinski definition) is 5. The largest absolute Gasteiger partial charge is 0.383 e. The summed E-state index contributed by atoms with van der Waals surface area (Å²) in [5.41, 5.74) is 8.63. The number of nitrogens with two attached hydrogens (primary N) is 1. The van der Waals surface area contributed by atoms with Gasteiger partial charge in [0.1, 0.15) is 16.4 Å². The number of anilines is 2. The normalized spacial score (nSPS) is 11.8. The first kappa shape index (κ1) is 16.7. The van der Waals surface area contributed by atoms with Crippen LogP contribution in [0.4, 0.5) is 16.4 Å². The quantitative estimate of drug-likeness (QED) is 0.486. The van der Waals surface area contributed by atoms with E-state index in [4.69, 9.17) is 5.73 Å². The molecule has 0 amide bonds. The minimum atomic E-state index is -0.248. The minimum Gasteiger partial charge on any atom is -0.383 e. The highest BCUT2D eigenvalue weighted by Crippen LogP contribution is 2.22. The molecule has 0 saturated carbocycles. The molecule has 4 N–H and O–H groups in total. The number of para-hydroxylation sites is 1. The highest BCUT2D eigenvalue weighted by atomic mass is 32.1. The van der Waals surface area contributed by atoms with Crippen molar-refractivity contribution in [1.82, 2.24) is 4.37 Å². The van der Waals surface area contributed by atoms with Gasteiger partial charge in [0.25, 0.3) is 5.56 Å². The molecule has 0 atom stereocenters. The molecule has 0 saturated heterocycles. The van der Waals surface area contributed by atoms with Crippen molar-refractivity contribution in [3.8, 4) is 0 Å². The number of amidine groups is 1. The van der Waals surface area contributed by atoms with Gasteiger partial charge < -0.3 is 11.1 Å². The molecule has 0 spiro atoms. The van der Waals surface area contributed by atoms with Gasteiger partial charge in [-0.1, -0.05) is 30.3 Å². The SMILES string of the molecule is CN=C(N)c1c(Nc2ccc(C=Nc3ccccc3)cc2)s[nH]c1=O. The van der Waals surface area contributed by atoms with Crippen molar-refractivity contribution in [2.75, 3.05) is 12.4 Å². The zero-order chi connectivity index (χ0) is 17.6. The van der Waals surface area contributed by atoms with Gasteiger partial charge in [-0.05, 0) is 41.4 Å². The Balaban J connectivity index is 1.76. The number of rotatable bonds is 5. The Morgan fingerprint density at radius 3 is 2.56 bits per heavy atom. The van der Waals surface area contributed by atoms with Crippen molar-refractivity contribution in [1.29, 1.82) is 0 Å². The van der Waals surface area contributed by atoms with Crippen molar-refractivity contribution in [2.24, 2.45) is 15.7 Å². The van der Waals surface area contributed by atoms with Crippen LogP contribution >= 0.6 is 11.5 Å². The maximum absolute atomic E-state index is 11.8. The molecule has 2 aromatic carbocycles. The van der Waals surface area contributed by atoms with E-state index in [0.29, 0.717) is 10.6 Å². The molecule has 3 aromatic rings. The molecule has 1 aromatic heterocycles. The molecule has 0 bridgehead atoms. The maximum atomic E-state index is 11.8. The standard InChI is InChI=1S/C18H17N5OS/c1-20-16(19)15-17(24)23-25-18(15)22-14-9-7-12(8-10-14)11-21-13-5-3-2-4-6-13/h2-11,22H,1H3,(H2,19,20)(H,23,24). The fourth-order valence-corrected chi connectivity index (χ4v) is 2.95. The Morgan fingerprint density at radius 2 is 1.88 bits per heavy atom. The summed E-state index contributed by atoms with van der Waals surface area (Å²) in [6, 6.07) is 17.5.